The van der Waals surface area contributed by atoms with Crippen molar-refractivity contribution in [2.75, 3.05) is 0 Å². The van der Waals surface area contributed by atoms with Gasteiger partial charge in [0, 0.05) is 33.5 Å². The minimum atomic E-state index is 0.471. The number of furan rings is 1. The molecule has 50 heavy (non-hydrogen) atoms. The average molecular weight is 643 g/mol. The lowest BCUT2D eigenvalue weighted by Crippen LogP contribution is -2.01. The van der Waals surface area contributed by atoms with Gasteiger partial charge in [-0.05, 0) is 46.2 Å². The molecule has 0 saturated heterocycles. The minimum Gasteiger partial charge on any atom is -0.456 e. The molecule has 0 aliphatic carbocycles. The largest absolute Gasteiger partial charge is 0.456 e. The SMILES string of the molecule is c1ccc(-c2nc3cc4oc5ccccc5c4c(-c4nc(-c5ccc6ccccc6c5)nc(-c5ccccc5-c5ccccc5)n4)c3o2)cc1. The molecule has 0 N–H and O–H groups in total. The number of rotatable bonds is 5. The predicted octanol–water partition coefficient (Wildman–Crippen LogP) is 11.4. The third-order valence-electron chi connectivity index (χ3n) is 9.16. The molecule has 0 saturated carbocycles. The second kappa shape index (κ2) is 11.4. The normalized spacial score (nSPS) is 11.6. The summed E-state index contributed by atoms with van der Waals surface area (Å²) < 4.78 is 13.1. The van der Waals surface area contributed by atoms with Crippen LogP contribution in [0, 0.1) is 0 Å². The van der Waals surface area contributed by atoms with Crippen LogP contribution < -0.4 is 0 Å². The van der Waals surface area contributed by atoms with E-state index in [1.54, 1.807) is 0 Å². The number of hydrogen-bond donors (Lipinski definition) is 0. The van der Waals surface area contributed by atoms with Crippen LogP contribution in [0.1, 0.15) is 0 Å². The molecule has 3 aromatic heterocycles. The number of para-hydroxylation sites is 1. The molecule has 6 nitrogen and oxygen atoms in total. The Balaban J connectivity index is 1.31. The van der Waals surface area contributed by atoms with Crippen LogP contribution in [0.15, 0.2) is 167 Å². The van der Waals surface area contributed by atoms with E-state index in [-0.39, 0.29) is 0 Å². The first kappa shape index (κ1) is 28.1. The van der Waals surface area contributed by atoms with E-state index in [0.29, 0.717) is 45.6 Å². The van der Waals surface area contributed by atoms with E-state index in [9.17, 15) is 0 Å². The Morgan fingerprint density at radius 1 is 0.400 bits per heavy atom. The van der Waals surface area contributed by atoms with Gasteiger partial charge in [-0.2, -0.15) is 0 Å². The first-order valence-electron chi connectivity index (χ1n) is 16.5. The molecule has 7 aromatic carbocycles. The Morgan fingerprint density at radius 2 is 1.06 bits per heavy atom. The van der Waals surface area contributed by atoms with Crippen molar-refractivity contribution < 1.29 is 8.83 Å². The number of hydrogen-bond acceptors (Lipinski definition) is 6. The van der Waals surface area contributed by atoms with Gasteiger partial charge in [0.15, 0.2) is 23.1 Å². The third kappa shape index (κ3) is 4.65. The summed E-state index contributed by atoms with van der Waals surface area (Å²) in [6.45, 7) is 0. The molecule has 3 heterocycles. The summed E-state index contributed by atoms with van der Waals surface area (Å²) in [5.41, 5.74) is 8.15. The van der Waals surface area contributed by atoms with Crippen LogP contribution in [0.25, 0.3) is 101 Å². The molecule has 0 atom stereocenters. The van der Waals surface area contributed by atoms with E-state index in [1.165, 1.54) is 0 Å². The number of benzene rings is 7. The smallest absolute Gasteiger partial charge is 0.227 e. The molecule has 0 radical (unpaired) electrons. The highest BCUT2D eigenvalue weighted by atomic mass is 16.4. The summed E-state index contributed by atoms with van der Waals surface area (Å²) in [5.74, 6) is 2.09. The fourth-order valence-electron chi connectivity index (χ4n) is 6.80. The topological polar surface area (TPSA) is 77.8 Å². The van der Waals surface area contributed by atoms with Crippen LogP contribution in [-0.2, 0) is 0 Å². The first-order chi connectivity index (χ1) is 24.8. The van der Waals surface area contributed by atoms with Crippen LogP contribution in [0.2, 0.25) is 0 Å². The highest BCUT2D eigenvalue weighted by Gasteiger charge is 2.25. The molecule has 234 valence electrons. The summed E-state index contributed by atoms with van der Waals surface area (Å²) in [6, 6.07) is 53.0. The van der Waals surface area contributed by atoms with Crippen LogP contribution in [0.3, 0.4) is 0 Å². The fourth-order valence-corrected chi connectivity index (χ4v) is 6.80. The molecule has 0 aliphatic heterocycles. The Bertz CT molecular complexity index is 2880. The van der Waals surface area contributed by atoms with Gasteiger partial charge >= 0.3 is 0 Å². The van der Waals surface area contributed by atoms with Gasteiger partial charge in [-0.3, -0.25) is 0 Å². The van der Waals surface area contributed by atoms with E-state index in [4.69, 9.17) is 28.8 Å². The zero-order chi connectivity index (χ0) is 33.0. The van der Waals surface area contributed by atoms with Crippen molar-refractivity contribution in [3.8, 4) is 56.7 Å². The highest BCUT2D eigenvalue weighted by molar-refractivity contribution is 6.18. The van der Waals surface area contributed by atoms with E-state index < -0.39 is 0 Å². The molecule has 0 spiro atoms. The van der Waals surface area contributed by atoms with Crippen molar-refractivity contribution in [2.24, 2.45) is 0 Å². The Hall–Kier alpha value is -6.92. The monoisotopic (exact) mass is 642 g/mol. The lowest BCUT2D eigenvalue weighted by molar-refractivity contribution is 0.620. The van der Waals surface area contributed by atoms with Gasteiger partial charge in [0.25, 0.3) is 0 Å². The zero-order valence-corrected chi connectivity index (χ0v) is 26.6. The van der Waals surface area contributed by atoms with Gasteiger partial charge in [0.1, 0.15) is 16.7 Å². The average Bonchev–Trinajstić information content (AvgIpc) is 3.78. The summed E-state index contributed by atoms with van der Waals surface area (Å²) in [6.07, 6.45) is 0. The maximum absolute atomic E-state index is 6.65. The summed E-state index contributed by atoms with van der Waals surface area (Å²) in [5, 5.41) is 4.05. The van der Waals surface area contributed by atoms with Crippen molar-refractivity contribution in [1.29, 1.82) is 0 Å². The van der Waals surface area contributed by atoms with Crippen molar-refractivity contribution in [3.63, 3.8) is 0 Å². The van der Waals surface area contributed by atoms with Crippen LogP contribution >= 0.6 is 0 Å². The first-order valence-corrected chi connectivity index (χ1v) is 16.5. The van der Waals surface area contributed by atoms with Gasteiger partial charge in [-0.1, -0.05) is 127 Å². The predicted molar refractivity (Wildman–Crippen MR) is 199 cm³/mol. The summed E-state index contributed by atoms with van der Waals surface area (Å²) >= 11 is 0. The van der Waals surface area contributed by atoms with Crippen LogP contribution in [-0.4, -0.2) is 19.9 Å². The lowest BCUT2D eigenvalue weighted by atomic mass is 9.99. The second-order valence-electron chi connectivity index (χ2n) is 12.2. The minimum absolute atomic E-state index is 0.471. The van der Waals surface area contributed by atoms with Gasteiger partial charge in [0.05, 0.1) is 5.56 Å². The van der Waals surface area contributed by atoms with E-state index in [2.05, 4.69) is 60.7 Å². The maximum atomic E-state index is 6.65. The van der Waals surface area contributed by atoms with E-state index >= 15 is 0 Å². The molecule has 0 bridgehead atoms. The quantitative estimate of drug-likeness (QED) is 0.186. The van der Waals surface area contributed by atoms with Crippen molar-refractivity contribution in [3.05, 3.63) is 158 Å². The molecule has 0 aliphatic rings. The fraction of sp³-hybridized carbons (Fsp3) is 0. The molecule has 10 aromatic rings. The van der Waals surface area contributed by atoms with Crippen LogP contribution in [0.5, 0.6) is 0 Å². The molecule has 10 rings (SSSR count). The lowest BCUT2D eigenvalue weighted by Gasteiger charge is -2.13. The number of nitrogens with zero attached hydrogens (tertiary/aromatic N) is 4. The second-order valence-corrected chi connectivity index (χ2v) is 12.2. The Morgan fingerprint density at radius 3 is 1.90 bits per heavy atom. The maximum Gasteiger partial charge on any atom is 0.227 e. The summed E-state index contributed by atoms with van der Waals surface area (Å²) in [4.78, 5) is 20.6. The van der Waals surface area contributed by atoms with Crippen molar-refractivity contribution in [2.45, 2.75) is 0 Å². The molecule has 6 heteroatoms. The Labute approximate surface area is 286 Å². The van der Waals surface area contributed by atoms with Gasteiger partial charge in [-0.15, -0.1) is 0 Å². The van der Waals surface area contributed by atoms with Gasteiger partial charge in [0.2, 0.25) is 5.89 Å². The van der Waals surface area contributed by atoms with E-state index in [1.807, 2.05) is 97.1 Å². The molecular formula is C44H26N4O2. The van der Waals surface area contributed by atoms with Crippen molar-refractivity contribution >= 4 is 43.8 Å². The molecular weight excluding hydrogens is 617 g/mol. The van der Waals surface area contributed by atoms with Crippen LogP contribution in [0.4, 0.5) is 0 Å². The van der Waals surface area contributed by atoms with Gasteiger partial charge < -0.3 is 8.83 Å². The standard InChI is InChI=1S/C44H26N4O2/c1-3-14-28(15-4-1)32-19-9-10-20-33(32)42-46-41(31-24-23-27-13-7-8-18-30(27)25-31)47-43(48-42)39-38-34-21-11-12-22-36(34)49-37(38)26-35-40(39)50-44(45-35)29-16-5-2-6-17-29/h1-26H. The Kier molecular flexibility index (Phi) is 6.39. The van der Waals surface area contributed by atoms with E-state index in [0.717, 1.165) is 54.9 Å². The molecule has 0 amide bonds. The number of aromatic nitrogens is 4. The highest BCUT2D eigenvalue weighted by Crippen LogP contribution is 2.43. The summed E-state index contributed by atoms with van der Waals surface area (Å²) in [7, 11) is 0. The van der Waals surface area contributed by atoms with Crippen molar-refractivity contribution in [1.82, 2.24) is 19.9 Å². The number of fused-ring (bicyclic) bond motifs is 5. The third-order valence-corrected chi connectivity index (χ3v) is 9.16. The molecule has 0 fully saturated rings. The number of oxazole rings is 1. The van der Waals surface area contributed by atoms with Gasteiger partial charge in [-0.25, -0.2) is 19.9 Å². The molecule has 0 unspecified atom stereocenters. The zero-order valence-electron chi connectivity index (χ0n) is 26.6.